The van der Waals surface area contributed by atoms with Gasteiger partial charge in [0.05, 0.1) is 25.9 Å². The van der Waals surface area contributed by atoms with Crippen LogP contribution in [0.2, 0.25) is 0 Å². The van der Waals surface area contributed by atoms with E-state index in [1.165, 1.54) is 12.8 Å². The van der Waals surface area contributed by atoms with Gasteiger partial charge in [0, 0.05) is 5.56 Å². The summed E-state index contributed by atoms with van der Waals surface area (Å²) in [5.74, 6) is 0.412. The lowest BCUT2D eigenvalue weighted by atomic mass is 9.75. The molecule has 26 heavy (non-hydrogen) atoms. The summed E-state index contributed by atoms with van der Waals surface area (Å²) in [5.41, 5.74) is 0.739. The minimum absolute atomic E-state index is 0.113. The third-order valence-electron chi connectivity index (χ3n) is 5.50. The third-order valence-corrected chi connectivity index (χ3v) is 5.50. The molecule has 0 bridgehead atoms. The molecular formula is C21H32O5. The Morgan fingerprint density at radius 1 is 1.15 bits per heavy atom. The zero-order chi connectivity index (χ0) is 18.6. The van der Waals surface area contributed by atoms with Gasteiger partial charge >= 0.3 is 5.97 Å². The topological polar surface area (TPSA) is 57.2 Å². The lowest BCUT2D eigenvalue weighted by molar-refractivity contribution is -0.392. The van der Waals surface area contributed by atoms with E-state index in [4.69, 9.17) is 18.9 Å². The van der Waals surface area contributed by atoms with E-state index in [0.717, 1.165) is 12.0 Å². The van der Waals surface area contributed by atoms with E-state index in [1.54, 1.807) is 0 Å². The molecule has 4 unspecified atom stereocenters. The summed E-state index contributed by atoms with van der Waals surface area (Å²) in [6.45, 7) is 7.73. The molecule has 1 aliphatic heterocycles. The van der Waals surface area contributed by atoms with E-state index in [0.29, 0.717) is 31.0 Å². The fourth-order valence-electron chi connectivity index (χ4n) is 4.06. The first-order valence-electron chi connectivity index (χ1n) is 9.81. The molecule has 1 aromatic rings. The van der Waals surface area contributed by atoms with Crippen LogP contribution in [0.25, 0.3) is 0 Å². The van der Waals surface area contributed by atoms with E-state index < -0.39 is 12.3 Å². The first-order chi connectivity index (χ1) is 12.5. The van der Waals surface area contributed by atoms with Crippen molar-refractivity contribution >= 4 is 0 Å². The Morgan fingerprint density at radius 3 is 2.50 bits per heavy atom. The highest BCUT2D eigenvalue weighted by Gasteiger charge is 2.42. The van der Waals surface area contributed by atoms with Crippen molar-refractivity contribution in [1.82, 2.24) is 0 Å². The van der Waals surface area contributed by atoms with Gasteiger partial charge in [0.1, 0.15) is 0 Å². The minimum atomic E-state index is -1.35. The molecule has 1 aromatic carbocycles. The van der Waals surface area contributed by atoms with Crippen molar-refractivity contribution in [3.63, 3.8) is 0 Å². The number of ether oxygens (including phenoxy) is 4. The van der Waals surface area contributed by atoms with Crippen LogP contribution in [0.15, 0.2) is 30.3 Å². The smallest absolute Gasteiger partial charge is 0.314 e. The van der Waals surface area contributed by atoms with Crippen LogP contribution in [0.3, 0.4) is 0 Å². The molecule has 1 aliphatic carbocycles. The number of aliphatic hydroxyl groups is 1. The Labute approximate surface area is 156 Å². The van der Waals surface area contributed by atoms with Gasteiger partial charge < -0.3 is 19.3 Å². The van der Waals surface area contributed by atoms with Crippen molar-refractivity contribution in [2.24, 2.45) is 17.8 Å². The van der Waals surface area contributed by atoms with Gasteiger partial charge in [0.2, 0.25) is 0 Å². The molecule has 4 atom stereocenters. The average Bonchev–Trinajstić information content (AvgIpc) is 3.10. The highest BCUT2D eigenvalue weighted by Crippen LogP contribution is 2.36. The Morgan fingerprint density at radius 2 is 1.85 bits per heavy atom. The first kappa shape index (κ1) is 19.8. The number of rotatable bonds is 7. The van der Waals surface area contributed by atoms with E-state index >= 15 is 0 Å². The van der Waals surface area contributed by atoms with Gasteiger partial charge in [0.25, 0.3) is 0 Å². The second-order valence-corrected chi connectivity index (χ2v) is 7.89. The minimum Gasteiger partial charge on any atom is -0.373 e. The number of hydrogen-bond acceptors (Lipinski definition) is 5. The van der Waals surface area contributed by atoms with Crippen molar-refractivity contribution in [2.75, 3.05) is 19.8 Å². The Bertz CT molecular complexity index is 541. The van der Waals surface area contributed by atoms with Crippen LogP contribution in [-0.2, 0) is 24.9 Å². The SMILES string of the molecule is CC1CCC(C(C)C)C(OCC(O)OC2(c3ccccc3)OCCO2)C1. The summed E-state index contributed by atoms with van der Waals surface area (Å²) >= 11 is 0. The summed E-state index contributed by atoms with van der Waals surface area (Å²) in [4.78, 5) is 0. The van der Waals surface area contributed by atoms with Gasteiger partial charge in [-0.3, -0.25) is 4.74 Å². The van der Waals surface area contributed by atoms with Gasteiger partial charge in [0.15, 0.2) is 6.29 Å². The molecule has 2 aliphatic rings. The van der Waals surface area contributed by atoms with Crippen LogP contribution in [-0.4, -0.2) is 37.3 Å². The lowest BCUT2D eigenvalue weighted by Gasteiger charge is -2.38. The predicted octanol–water partition coefficient (Wildman–Crippen LogP) is 3.66. The number of hydrogen-bond donors (Lipinski definition) is 1. The molecule has 146 valence electrons. The van der Waals surface area contributed by atoms with Gasteiger partial charge in [-0.2, -0.15) is 0 Å². The molecule has 5 heteroatoms. The van der Waals surface area contributed by atoms with E-state index in [9.17, 15) is 5.11 Å². The van der Waals surface area contributed by atoms with Crippen LogP contribution >= 0.6 is 0 Å². The summed E-state index contributed by atoms with van der Waals surface area (Å²) in [6, 6.07) is 9.45. The fraction of sp³-hybridized carbons (Fsp3) is 0.714. The zero-order valence-corrected chi connectivity index (χ0v) is 16.1. The van der Waals surface area contributed by atoms with Crippen molar-refractivity contribution in [1.29, 1.82) is 0 Å². The molecule has 1 saturated heterocycles. The van der Waals surface area contributed by atoms with Gasteiger partial charge in [-0.1, -0.05) is 57.5 Å². The van der Waals surface area contributed by atoms with Crippen LogP contribution in [0, 0.1) is 17.8 Å². The molecule has 0 aromatic heterocycles. The Kier molecular flexibility index (Phi) is 6.70. The second kappa shape index (κ2) is 8.81. The van der Waals surface area contributed by atoms with Crippen LogP contribution in [0.1, 0.15) is 45.6 Å². The monoisotopic (exact) mass is 364 g/mol. The van der Waals surface area contributed by atoms with Crippen molar-refractivity contribution < 1.29 is 24.1 Å². The highest BCUT2D eigenvalue weighted by molar-refractivity contribution is 5.18. The van der Waals surface area contributed by atoms with Crippen molar-refractivity contribution in [3.05, 3.63) is 35.9 Å². The highest BCUT2D eigenvalue weighted by atomic mass is 16.9. The molecule has 5 nitrogen and oxygen atoms in total. The first-order valence-corrected chi connectivity index (χ1v) is 9.81. The molecular weight excluding hydrogens is 332 g/mol. The van der Waals surface area contributed by atoms with Gasteiger partial charge in [-0.05, 0) is 30.6 Å². The molecule has 1 heterocycles. The number of aliphatic hydroxyl groups excluding tert-OH is 1. The van der Waals surface area contributed by atoms with Crippen LogP contribution in [0.5, 0.6) is 0 Å². The molecule has 3 rings (SSSR count). The van der Waals surface area contributed by atoms with Crippen molar-refractivity contribution in [2.45, 2.75) is 58.4 Å². The Balaban J connectivity index is 1.59. The summed E-state index contributed by atoms with van der Waals surface area (Å²) in [6.07, 6.45) is 2.52. The summed E-state index contributed by atoms with van der Waals surface area (Å²) in [7, 11) is 0. The normalized spacial score (nSPS) is 29.8. The quantitative estimate of drug-likeness (QED) is 0.749. The van der Waals surface area contributed by atoms with E-state index in [-0.39, 0.29) is 12.7 Å². The average molecular weight is 364 g/mol. The largest absolute Gasteiger partial charge is 0.373 e. The molecule has 0 radical (unpaired) electrons. The summed E-state index contributed by atoms with van der Waals surface area (Å²) in [5, 5.41) is 10.5. The Hall–Kier alpha value is -0.980. The second-order valence-electron chi connectivity index (χ2n) is 7.89. The fourth-order valence-corrected chi connectivity index (χ4v) is 4.06. The van der Waals surface area contributed by atoms with Crippen LogP contribution < -0.4 is 0 Å². The van der Waals surface area contributed by atoms with Crippen molar-refractivity contribution in [3.8, 4) is 0 Å². The maximum absolute atomic E-state index is 10.5. The molecule has 1 N–H and O–H groups in total. The maximum Gasteiger partial charge on any atom is 0.314 e. The molecule has 0 amide bonds. The van der Waals surface area contributed by atoms with Crippen LogP contribution in [0.4, 0.5) is 0 Å². The summed E-state index contributed by atoms with van der Waals surface area (Å²) < 4.78 is 23.3. The molecule has 2 fully saturated rings. The third kappa shape index (κ3) is 4.65. The van der Waals surface area contributed by atoms with Gasteiger partial charge in [-0.15, -0.1) is 0 Å². The zero-order valence-electron chi connectivity index (χ0n) is 16.1. The maximum atomic E-state index is 10.5. The predicted molar refractivity (Wildman–Crippen MR) is 98.2 cm³/mol. The van der Waals surface area contributed by atoms with E-state index in [2.05, 4.69) is 20.8 Å². The standard InChI is InChI=1S/C21H32O5/c1-15(2)18-10-9-16(3)13-19(18)23-14-20(22)26-21(24-11-12-25-21)17-7-5-4-6-8-17/h4-8,15-16,18-20,22H,9-14H2,1-3H3. The van der Waals surface area contributed by atoms with Gasteiger partial charge in [-0.25, -0.2) is 0 Å². The number of benzene rings is 1. The van der Waals surface area contributed by atoms with E-state index in [1.807, 2.05) is 30.3 Å². The molecule has 1 saturated carbocycles. The lowest BCUT2D eigenvalue weighted by Crippen LogP contribution is -2.40. The molecule has 0 spiro atoms.